The van der Waals surface area contributed by atoms with Gasteiger partial charge < -0.3 is 0 Å². The Morgan fingerprint density at radius 3 is 2.19 bits per heavy atom. The van der Waals surface area contributed by atoms with Gasteiger partial charge in [-0.05, 0) is 29.3 Å². The largest absolute Gasteiger partial charge is 0.324 e. The fourth-order valence-corrected chi connectivity index (χ4v) is 4.55. The van der Waals surface area contributed by atoms with Gasteiger partial charge in [0.1, 0.15) is 0 Å². The van der Waals surface area contributed by atoms with Crippen LogP contribution in [0.25, 0.3) is 0 Å². The Labute approximate surface area is 174 Å². The van der Waals surface area contributed by atoms with Crippen LogP contribution in [0.3, 0.4) is 0 Å². The number of rotatable bonds is 7. The summed E-state index contributed by atoms with van der Waals surface area (Å²) in [5, 5.41) is 11.9. The van der Waals surface area contributed by atoms with E-state index in [4.69, 9.17) is 11.6 Å². The van der Waals surface area contributed by atoms with Gasteiger partial charge in [-0.15, -0.1) is 0 Å². The van der Waals surface area contributed by atoms with Crippen molar-refractivity contribution in [3.05, 3.63) is 97.9 Å². The molecule has 0 spiro atoms. The van der Waals surface area contributed by atoms with Crippen molar-refractivity contribution in [1.82, 2.24) is 4.90 Å². The monoisotopic (exact) mass is 498 g/mol. The van der Waals surface area contributed by atoms with Gasteiger partial charge in [-0.3, -0.25) is 15.0 Å². The first-order valence-electron chi connectivity index (χ1n) is 7.93. The molecule has 0 saturated heterocycles. The van der Waals surface area contributed by atoms with E-state index < -0.39 is 0 Å². The van der Waals surface area contributed by atoms with Gasteiger partial charge in [0.25, 0.3) is 0 Å². The molecular formula is C19H16ClIN2O2S. The molecule has 3 aromatic rings. The van der Waals surface area contributed by atoms with Crippen LogP contribution in [0.4, 0.5) is 5.00 Å². The van der Waals surface area contributed by atoms with Gasteiger partial charge in [-0.25, -0.2) is 0 Å². The number of nitrogens with zero attached hydrogens (tertiary/aromatic N) is 2. The smallest absolute Gasteiger partial charge is 0.279 e. The highest BCUT2D eigenvalue weighted by Crippen LogP contribution is 2.37. The molecule has 1 heterocycles. The summed E-state index contributed by atoms with van der Waals surface area (Å²) in [5.41, 5.74) is 2.35. The van der Waals surface area contributed by atoms with Gasteiger partial charge in [-0.2, -0.15) is 0 Å². The van der Waals surface area contributed by atoms with Crippen molar-refractivity contribution in [1.29, 1.82) is 0 Å². The summed E-state index contributed by atoms with van der Waals surface area (Å²) < 4.78 is 0.0298. The third kappa shape index (κ3) is 5.03. The lowest BCUT2D eigenvalue weighted by Crippen LogP contribution is -2.24. The first-order valence-corrected chi connectivity index (χ1v) is 10.4. The van der Waals surface area contributed by atoms with E-state index >= 15 is 0 Å². The normalized spacial score (nSPS) is 12.3. The molecule has 0 aliphatic heterocycles. The first kappa shape index (κ1) is 19.3. The molecule has 1 atom stereocenters. The zero-order valence-corrected chi connectivity index (χ0v) is 17.4. The second-order valence-electron chi connectivity index (χ2n) is 5.79. The van der Waals surface area contributed by atoms with Crippen LogP contribution in [0.15, 0.2) is 66.7 Å². The van der Waals surface area contributed by atoms with Crippen LogP contribution in [-0.4, -0.2) is 9.82 Å². The lowest BCUT2D eigenvalue weighted by Gasteiger charge is -2.27. The summed E-state index contributed by atoms with van der Waals surface area (Å²) in [4.78, 5) is 13.9. The Morgan fingerprint density at radius 1 is 1.00 bits per heavy atom. The Morgan fingerprint density at radius 2 is 1.62 bits per heavy atom. The maximum Gasteiger partial charge on any atom is 0.324 e. The van der Waals surface area contributed by atoms with Crippen LogP contribution in [0.2, 0.25) is 5.02 Å². The molecular weight excluding hydrogens is 483 g/mol. The Hall–Kier alpha value is -1.48. The molecule has 0 aliphatic carbocycles. The quantitative estimate of drug-likeness (QED) is 0.124. The number of benzene rings is 2. The fraction of sp³-hybridized carbons (Fsp3) is 0.158. The van der Waals surface area contributed by atoms with Crippen molar-refractivity contribution in [3.8, 4) is 0 Å². The van der Waals surface area contributed by atoms with Gasteiger partial charge in [0.15, 0.2) is 0 Å². The van der Waals surface area contributed by atoms with Crippen LogP contribution in [0.5, 0.6) is 0 Å². The van der Waals surface area contributed by atoms with E-state index in [1.54, 1.807) is 6.07 Å². The van der Waals surface area contributed by atoms with E-state index in [-0.39, 0.29) is 14.0 Å². The summed E-state index contributed by atoms with van der Waals surface area (Å²) in [6, 6.07) is 21.4. The molecule has 1 unspecified atom stereocenters. The summed E-state index contributed by atoms with van der Waals surface area (Å²) in [6.45, 7) is 1.48. The molecule has 0 bridgehead atoms. The van der Waals surface area contributed by atoms with E-state index in [2.05, 4.69) is 39.6 Å². The number of hydrogen-bond acceptors (Lipinski definition) is 4. The van der Waals surface area contributed by atoms with Crippen molar-refractivity contribution in [3.63, 3.8) is 0 Å². The highest BCUT2D eigenvalue weighted by molar-refractivity contribution is 14.1. The summed E-state index contributed by atoms with van der Waals surface area (Å²) in [5.74, 6) is 0. The lowest BCUT2D eigenvalue weighted by molar-refractivity contribution is -0.380. The van der Waals surface area contributed by atoms with Gasteiger partial charge in [-0.1, -0.05) is 88.0 Å². The van der Waals surface area contributed by atoms with Crippen LogP contribution < -0.4 is 0 Å². The van der Waals surface area contributed by atoms with Crippen LogP contribution >= 0.6 is 45.5 Å². The second kappa shape index (κ2) is 8.94. The van der Waals surface area contributed by atoms with Gasteiger partial charge in [0.05, 0.1) is 8.97 Å². The van der Waals surface area contributed by atoms with Crippen LogP contribution in [0.1, 0.15) is 20.1 Å². The fourth-order valence-electron chi connectivity index (χ4n) is 2.61. The van der Waals surface area contributed by atoms with Crippen LogP contribution in [0, 0.1) is 10.1 Å². The highest BCUT2D eigenvalue weighted by atomic mass is 127. The van der Waals surface area contributed by atoms with Crippen molar-refractivity contribution >= 4 is 50.5 Å². The van der Waals surface area contributed by atoms with Crippen molar-refractivity contribution in [2.45, 2.75) is 17.1 Å². The molecule has 134 valence electrons. The lowest BCUT2D eigenvalue weighted by atomic mass is 10.1. The molecule has 0 N–H and O–H groups in total. The van der Waals surface area contributed by atoms with E-state index in [1.165, 1.54) is 16.9 Å². The number of halogens is 2. The predicted octanol–water partition coefficient (Wildman–Crippen LogP) is 6.45. The molecule has 0 radical (unpaired) electrons. The number of nitro groups is 1. The minimum absolute atomic E-state index is 0.0298. The number of thiophene rings is 1. The average molecular weight is 499 g/mol. The first-order chi connectivity index (χ1) is 12.5. The minimum atomic E-state index is -0.335. The zero-order chi connectivity index (χ0) is 18.5. The standard InChI is InChI=1S/C19H16ClIN2O2S/c20-16-8-6-15(7-9-16)13-22(12-14-4-2-1-3-5-14)19(21)17-10-11-18(26-17)23(24)25/h1-11,19H,12-13H2. The molecule has 3 rings (SSSR count). The summed E-state index contributed by atoms with van der Waals surface area (Å²) in [7, 11) is 0. The SMILES string of the molecule is O=[N+]([O-])c1ccc(C(I)N(Cc2ccccc2)Cc2ccc(Cl)cc2)s1. The zero-order valence-electron chi connectivity index (χ0n) is 13.7. The predicted molar refractivity (Wildman–Crippen MR) is 115 cm³/mol. The topological polar surface area (TPSA) is 46.4 Å². The second-order valence-corrected chi connectivity index (χ2v) is 8.50. The van der Waals surface area contributed by atoms with Gasteiger partial charge in [0, 0.05) is 29.1 Å². The average Bonchev–Trinajstić information content (AvgIpc) is 3.14. The molecule has 0 saturated carbocycles. The molecule has 4 nitrogen and oxygen atoms in total. The van der Waals surface area contributed by atoms with E-state index in [1.807, 2.05) is 48.5 Å². The Kier molecular flexibility index (Phi) is 6.63. The van der Waals surface area contributed by atoms with Crippen molar-refractivity contribution in [2.24, 2.45) is 0 Å². The maximum atomic E-state index is 11.0. The number of alkyl halides is 1. The molecule has 0 aliphatic rings. The third-order valence-electron chi connectivity index (χ3n) is 3.88. The molecule has 7 heteroatoms. The van der Waals surface area contributed by atoms with E-state index in [9.17, 15) is 10.1 Å². The summed E-state index contributed by atoms with van der Waals surface area (Å²) in [6.07, 6.45) is 0. The molecule has 1 aromatic heterocycles. The highest BCUT2D eigenvalue weighted by Gasteiger charge is 2.22. The molecule has 26 heavy (non-hydrogen) atoms. The number of hydrogen-bond donors (Lipinski definition) is 0. The maximum absolute atomic E-state index is 11.0. The van der Waals surface area contributed by atoms with Gasteiger partial charge in [0.2, 0.25) is 0 Å². The van der Waals surface area contributed by atoms with Crippen molar-refractivity contribution < 1.29 is 4.92 Å². The van der Waals surface area contributed by atoms with E-state index in [0.717, 1.165) is 23.5 Å². The minimum Gasteiger partial charge on any atom is -0.279 e. The third-order valence-corrected chi connectivity index (χ3v) is 7.10. The Bertz CT molecular complexity index is 871. The van der Waals surface area contributed by atoms with Crippen molar-refractivity contribution in [2.75, 3.05) is 0 Å². The van der Waals surface area contributed by atoms with Crippen LogP contribution in [-0.2, 0) is 13.1 Å². The molecule has 0 fully saturated rings. The molecule has 0 amide bonds. The van der Waals surface area contributed by atoms with Gasteiger partial charge >= 0.3 is 5.00 Å². The summed E-state index contributed by atoms with van der Waals surface area (Å²) >= 11 is 9.58. The Balaban J connectivity index is 1.85. The van der Waals surface area contributed by atoms with E-state index in [0.29, 0.717) is 5.02 Å². The molecule has 2 aromatic carbocycles.